The second-order valence-corrected chi connectivity index (χ2v) is 5.78. The molecule has 1 aromatic carbocycles. The van der Waals surface area contributed by atoms with Crippen molar-refractivity contribution >= 4 is 11.8 Å². The van der Waals surface area contributed by atoms with Crippen LogP contribution in [0.15, 0.2) is 24.3 Å². The van der Waals surface area contributed by atoms with Crippen molar-refractivity contribution in [2.75, 3.05) is 13.1 Å². The van der Waals surface area contributed by atoms with Gasteiger partial charge >= 0.3 is 0 Å². The summed E-state index contributed by atoms with van der Waals surface area (Å²) >= 11 is 0. The Labute approximate surface area is 130 Å². The van der Waals surface area contributed by atoms with Gasteiger partial charge in [-0.05, 0) is 37.0 Å². The standard InChI is InChI=1S/C17H23FN2O2/c1-2-4-16(21)19-15-7-9-20(10-8-15)17(22)12-13-5-3-6-14(18)11-13/h3,5-6,11,15H,2,4,7-10,12H2,1H3,(H,19,21). The Morgan fingerprint density at radius 3 is 2.68 bits per heavy atom. The average molecular weight is 306 g/mol. The molecule has 0 radical (unpaired) electrons. The zero-order valence-corrected chi connectivity index (χ0v) is 13.0. The van der Waals surface area contributed by atoms with E-state index < -0.39 is 0 Å². The minimum absolute atomic E-state index is 0.0175. The molecule has 1 fully saturated rings. The Morgan fingerprint density at radius 1 is 1.32 bits per heavy atom. The fourth-order valence-corrected chi connectivity index (χ4v) is 2.73. The molecule has 0 unspecified atom stereocenters. The number of hydrogen-bond acceptors (Lipinski definition) is 2. The number of carbonyl (C=O) groups excluding carboxylic acids is 2. The quantitative estimate of drug-likeness (QED) is 0.907. The van der Waals surface area contributed by atoms with Gasteiger partial charge in [-0.2, -0.15) is 0 Å². The highest BCUT2D eigenvalue weighted by molar-refractivity contribution is 5.79. The van der Waals surface area contributed by atoms with Gasteiger partial charge in [0.05, 0.1) is 6.42 Å². The summed E-state index contributed by atoms with van der Waals surface area (Å²) < 4.78 is 13.1. The highest BCUT2D eigenvalue weighted by Gasteiger charge is 2.23. The lowest BCUT2D eigenvalue weighted by molar-refractivity contribution is -0.131. The molecule has 0 spiro atoms. The second-order valence-electron chi connectivity index (χ2n) is 5.78. The first-order chi connectivity index (χ1) is 10.6. The third-order valence-corrected chi connectivity index (χ3v) is 3.93. The number of piperidine rings is 1. The maximum atomic E-state index is 13.1. The van der Waals surface area contributed by atoms with Crippen LogP contribution in [-0.4, -0.2) is 35.8 Å². The van der Waals surface area contributed by atoms with Gasteiger partial charge < -0.3 is 10.2 Å². The first kappa shape index (κ1) is 16.5. The van der Waals surface area contributed by atoms with Gasteiger partial charge in [-0.25, -0.2) is 4.39 Å². The molecule has 1 heterocycles. The summed E-state index contributed by atoms with van der Waals surface area (Å²) in [6.45, 7) is 3.27. The fraction of sp³-hybridized carbons (Fsp3) is 0.529. The van der Waals surface area contributed by atoms with E-state index in [9.17, 15) is 14.0 Å². The molecule has 0 bridgehead atoms. The number of rotatable bonds is 5. The second kappa shape index (κ2) is 7.92. The van der Waals surface area contributed by atoms with Crippen LogP contribution in [0.2, 0.25) is 0 Å². The number of benzene rings is 1. The Kier molecular flexibility index (Phi) is 5.92. The molecule has 1 aliphatic rings. The van der Waals surface area contributed by atoms with Crippen molar-refractivity contribution < 1.29 is 14.0 Å². The van der Waals surface area contributed by atoms with Crippen LogP contribution in [0, 0.1) is 5.82 Å². The molecule has 2 rings (SSSR count). The summed E-state index contributed by atoms with van der Waals surface area (Å²) in [5.74, 6) is -0.210. The third-order valence-electron chi connectivity index (χ3n) is 3.93. The van der Waals surface area contributed by atoms with Crippen molar-refractivity contribution in [3.05, 3.63) is 35.6 Å². The summed E-state index contributed by atoms with van der Waals surface area (Å²) in [7, 11) is 0. The zero-order chi connectivity index (χ0) is 15.9. The van der Waals surface area contributed by atoms with Crippen molar-refractivity contribution in [2.24, 2.45) is 0 Å². The number of halogens is 1. The monoisotopic (exact) mass is 306 g/mol. The normalized spacial score (nSPS) is 15.6. The van der Waals surface area contributed by atoms with Gasteiger partial charge in [-0.15, -0.1) is 0 Å². The molecule has 0 atom stereocenters. The highest BCUT2D eigenvalue weighted by atomic mass is 19.1. The van der Waals surface area contributed by atoms with E-state index in [1.54, 1.807) is 17.0 Å². The first-order valence-electron chi connectivity index (χ1n) is 7.90. The SMILES string of the molecule is CCCC(=O)NC1CCN(C(=O)Cc2cccc(F)c2)CC1. The van der Waals surface area contributed by atoms with Gasteiger partial charge in [-0.3, -0.25) is 9.59 Å². The van der Waals surface area contributed by atoms with E-state index in [2.05, 4.69) is 5.32 Å². The molecule has 1 N–H and O–H groups in total. The van der Waals surface area contributed by atoms with Crippen molar-refractivity contribution in [1.29, 1.82) is 0 Å². The van der Waals surface area contributed by atoms with Crippen molar-refractivity contribution in [2.45, 2.75) is 45.1 Å². The van der Waals surface area contributed by atoms with E-state index in [1.807, 2.05) is 6.92 Å². The summed E-state index contributed by atoms with van der Waals surface area (Å²) in [4.78, 5) is 25.6. The van der Waals surface area contributed by atoms with Crippen LogP contribution in [0.1, 0.15) is 38.2 Å². The maximum absolute atomic E-state index is 13.1. The Bertz CT molecular complexity index is 525. The molecule has 2 amide bonds. The van der Waals surface area contributed by atoms with Gasteiger partial charge in [0.25, 0.3) is 0 Å². The summed E-state index contributed by atoms with van der Waals surface area (Å²) in [6, 6.07) is 6.32. The van der Waals surface area contributed by atoms with Crippen LogP contribution in [0.3, 0.4) is 0 Å². The predicted octanol–water partition coefficient (Wildman–Crippen LogP) is 2.28. The van der Waals surface area contributed by atoms with Crippen LogP contribution < -0.4 is 5.32 Å². The van der Waals surface area contributed by atoms with E-state index in [-0.39, 0.29) is 30.1 Å². The molecule has 1 aromatic rings. The summed E-state index contributed by atoms with van der Waals surface area (Å²) in [6.07, 6.45) is 3.19. The Morgan fingerprint density at radius 2 is 2.05 bits per heavy atom. The number of nitrogens with one attached hydrogen (secondary N) is 1. The lowest BCUT2D eigenvalue weighted by atomic mass is 10.0. The van der Waals surface area contributed by atoms with Gasteiger partial charge in [0.15, 0.2) is 0 Å². The fourth-order valence-electron chi connectivity index (χ4n) is 2.73. The van der Waals surface area contributed by atoms with E-state index in [1.165, 1.54) is 12.1 Å². The number of amides is 2. The third kappa shape index (κ3) is 4.83. The maximum Gasteiger partial charge on any atom is 0.226 e. The molecule has 120 valence electrons. The van der Waals surface area contributed by atoms with E-state index in [4.69, 9.17) is 0 Å². The van der Waals surface area contributed by atoms with E-state index >= 15 is 0 Å². The summed E-state index contributed by atoms with van der Waals surface area (Å²) in [5, 5.41) is 3.01. The van der Waals surface area contributed by atoms with Crippen molar-refractivity contribution in [1.82, 2.24) is 10.2 Å². The molecular weight excluding hydrogens is 283 g/mol. The molecule has 1 saturated heterocycles. The lowest BCUT2D eigenvalue weighted by Crippen LogP contribution is -2.46. The first-order valence-corrected chi connectivity index (χ1v) is 7.90. The van der Waals surface area contributed by atoms with Crippen LogP contribution in [0.4, 0.5) is 4.39 Å². The molecule has 5 heteroatoms. The minimum atomic E-state index is -0.317. The van der Waals surface area contributed by atoms with E-state index in [0.29, 0.717) is 25.1 Å². The Balaban J connectivity index is 1.78. The summed E-state index contributed by atoms with van der Waals surface area (Å²) in [5.41, 5.74) is 0.698. The largest absolute Gasteiger partial charge is 0.353 e. The van der Waals surface area contributed by atoms with Gasteiger partial charge in [0.2, 0.25) is 11.8 Å². The topological polar surface area (TPSA) is 49.4 Å². The average Bonchev–Trinajstić information content (AvgIpc) is 2.48. The molecule has 1 aliphatic heterocycles. The van der Waals surface area contributed by atoms with Gasteiger partial charge in [-0.1, -0.05) is 19.1 Å². The van der Waals surface area contributed by atoms with Crippen LogP contribution in [0.5, 0.6) is 0 Å². The van der Waals surface area contributed by atoms with Gasteiger partial charge in [0, 0.05) is 25.6 Å². The molecule has 22 heavy (non-hydrogen) atoms. The zero-order valence-electron chi connectivity index (χ0n) is 13.0. The molecular formula is C17H23FN2O2. The lowest BCUT2D eigenvalue weighted by Gasteiger charge is -2.32. The highest BCUT2D eigenvalue weighted by Crippen LogP contribution is 2.13. The molecule has 4 nitrogen and oxygen atoms in total. The van der Waals surface area contributed by atoms with Crippen molar-refractivity contribution in [3.63, 3.8) is 0 Å². The number of hydrogen-bond donors (Lipinski definition) is 1. The van der Waals surface area contributed by atoms with E-state index in [0.717, 1.165) is 19.3 Å². The Hall–Kier alpha value is -1.91. The van der Waals surface area contributed by atoms with Crippen LogP contribution >= 0.6 is 0 Å². The molecule has 0 aromatic heterocycles. The van der Waals surface area contributed by atoms with Crippen LogP contribution in [-0.2, 0) is 16.0 Å². The molecule has 0 saturated carbocycles. The van der Waals surface area contributed by atoms with Crippen molar-refractivity contribution in [3.8, 4) is 0 Å². The predicted molar refractivity (Wildman–Crippen MR) is 82.8 cm³/mol. The smallest absolute Gasteiger partial charge is 0.226 e. The number of likely N-dealkylation sites (tertiary alicyclic amines) is 1. The molecule has 0 aliphatic carbocycles. The number of carbonyl (C=O) groups is 2. The minimum Gasteiger partial charge on any atom is -0.353 e. The van der Waals surface area contributed by atoms with Crippen LogP contribution in [0.25, 0.3) is 0 Å². The number of nitrogens with zero attached hydrogens (tertiary/aromatic N) is 1. The van der Waals surface area contributed by atoms with Gasteiger partial charge in [0.1, 0.15) is 5.82 Å².